The fraction of sp³-hybridized carbons (Fsp3) is 0.304. The van der Waals surface area contributed by atoms with Gasteiger partial charge in [0.2, 0.25) is 0 Å². The van der Waals surface area contributed by atoms with Gasteiger partial charge in [-0.1, -0.05) is 46.3 Å². The van der Waals surface area contributed by atoms with Gasteiger partial charge in [0.05, 0.1) is 24.5 Å². The van der Waals surface area contributed by atoms with E-state index in [1.807, 2.05) is 60.8 Å². The minimum atomic E-state index is -0.0999. The second-order valence-electron chi connectivity index (χ2n) is 7.24. The number of benzene rings is 2. The second-order valence-corrected chi connectivity index (χ2v) is 8.16. The Bertz CT molecular complexity index is 967. The fourth-order valence-electron chi connectivity index (χ4n) is 3.50. The van der Waals surface area contributed by atoms with Crippen molar-refractivity contribution in [3.05, 3.63) is 70.8 Å². The summed E-state index contributed by atoms with van der Waals surface area (Å²) in [6.45, 7) is 5.11. The number of carbonyl (C=O) groups excluding carboxylic acids is 1. The maximum absolute atomic E-state index is 13.0. The lowest BCUT2D eigenvalue weighted by Gasteiger charge is -2.26. The van der Waals surface area contributed by atoms with Gasteiger partial charge in [0.1, 0.15) is 5.69 Å². The van der Waals surface area contributed by atoms with Gasteiger partial charge in [0.15, 0.2) is 0 Å². The number of rotatable bonds is 7. The molecule has 156 valence electrons. The van der Waals surface area contributed by atoms with Crippen LogP contribution in [0.3, 0.4) is 0 Å². The van der Waals surface area contributed by atoms with E-state index in [9.17, 15) is 4.79 Å². The first-order valence-corrected chi connectivity index (χ1v) is 11.0. The molecule has 3 aromatic rings. The van der Waals surface area contributed by atoms with Crippen LogP contribution in [0.5, 0.6) is 0 Å². The van der Waals surface area contributed by atoms with E-state index < -0.39 is 0 Å². The van der Waals surface area contributed by atoms with Crippen LogP contribution < -0.4 is 5.32 Å². The van der Waals surface area contributed by atoms with Crippen LogP contribution in [0.25, 0.3) is 16.9 Å². The molecular formula is C23H25BrN4O2. The molecule has 6 nitrogen and oxygen atoms in total. The molecule has 0 bridgehead atoms. The Morgan fingerprint density at radius 2 is 1.80 bits per heavy atom. The minimum absolute atomic E-state index is 0.0999. The molecule has 1 aliphatic rings. The third kappa shape index (κ3) is 5.16. The van der Waals surface area contributed by atoms with E-state index in [4.69, 9.17) is 9.84 Å². The first-order valence-electron chi connectivity index (χ1n) is 10.2. The van der Waals surface area contributed by atoms with Crippen molar-refractivity contribution in [2.75, 3.05) is 39.4 Å². The van der Waals surface area contributed by atoms with Gasteiger partial charge in [-0.15, -0.1) is 0 Å². The lowest BCUT2D eigenvalue weighted by Crippen LogP contribution is -2.38. The topological polar surface area (TPSA) is 59.4 Å². The number of amides is 1. The summed E-state index contributed by atoms with van der Waals surface area (Å²) >= 11 is 3.47. The van der Waals surface area contributed by atoms with Gasteiger partial charge in [-0.05, 0) is 37.2 Å². The van der Waals surface area contributed by atoms with Crippen molar-refractivity contribution in [3.8, 4) is 16.9 Å². The Balaban J connectivity index is 1.49. The highest BCUT2D eigenvalue weighted by molar-refractivity contribution is 9.10. The summed E-state index contributed by atoms with van der Waals surface area (Å²) in [5, 5.41) is 7.79. The van der Waals surface area contributed by atoms with Crippen molar-refractivity contribution in [2.24, 2.45) is 0 Å². The molecule has 2 aromatic carbocycles. The highest BCUT2D eigenvalue weighted by Crippen LogP contribution is 2.25. The van der Waals surface area contributed by atoms with E-state index in [2.05, 4.69) is 26.1 Å². The molecule has 7 heteroatoms. The molecule has 4 rings (SSSR count). The fourth-order valence-corrected chi connectivity index (χ4v) is 3.76. The molecule has 30 heavy (non-hydrogen) atoms. The number of para-hydroxylation sites is 1. The Labute approximate surface area is 185 Å². The van der Waals surface area contributed by atoms with Crippen molar-refractivity contribution < 1.29 is 9.53 Å². The van der Waals surface area contributed by atoms with Crippen LogP contribution in [0.1, 0.15) is 16.8 Å². The quantitative estimate of drug-likeness (QED) is 0.536. The van der Waals surface area contributed by atoms with Crippen LogP contribution >= 0.6 is 15.9 Å². The summed E-state index contributed by atoms with van der Waals surface area (Å²) in [5.41, 5.74) is 3.08. The predicted molar refractivity (Wildman–Crippen MR) is 121 cm³/mol. The van der Waals surface area contributed by atoms with Crippen LogP contribution in [-0.4, -0.2) is 60.0 Å². The van der Waals surface area contributed by atoms with Crippen LogP contribution in [0.15, 0.2) is 65.3 Å². The highest BCUT2D eigenvalue weighted by Gasteiger charge is 2.19. The molecule has 1 aromatic heterocycles. The van der Waals surface area contributed by atoms with E-state index in [1.54, 1.807) is 4.68 Å². The molecule has 1 fully saturated rings. The van der Waals surface area contributed by atoms with Crippen LogP contribution in [0.2, 0.25) is 0 Å². The number of aromatic nitrogens is 2. The molecular weight excluding hydrogens is 444 g/mol. The molecule has 1 amide bonds. The van der Waals surface area contributed by atoms with Crippen molar-refractivity contribution in [1.82, 2.24) is 20.0 Å². The standard InChI is InChI=1S/C23H25BrN4O2/c24-19-9-7-18(8-10-19)22-21(17-28(26-22)20-5-2-1-3-6-20)23(29)25-11-4-12-27-13-15-30-16-14-27/h1-3,5-10,17H,4,11-16H2,(H,25,29). The van der Waals surface area contributed by atoms with Crippen molar-refractivity contribution in [1.29, 1.82) is 0 Å². The highest BCUT2D eigenvalue weighted by atomic mass is 79.9. The molecule has 0 aliphatic carbocycles. The summed E-state index contributed by atoms with van der Waals surface area (Å²) in [6.07, 6.45) is 2.72. The number of ether oxygens (including phenoxy) is 1. The molecule has 1 saturated heterocycles. The van der Waals surface area contributed by atoms with Gasteiger partial charge in [-0.3, -0.25) is 9.69 Å². The normalized spacial score (nSPS) is 14.6. The van der Waals surface area contributed by atoms with Gasteiger partial charge in [-0.2, -0.15) is 5.10 Å². The molecule has 0 unspecified atom stereocenters. The number of hydrogen-bond acceptors (Lipinski definition) is 4. The van der Waals surface area contributed by atoms with Crippen LogP contribution in [-0.2, 0) is 4.74 Å². The monoisotopic (exact) mass is 468 g/mol. The van der Waals surface area contributed by atoms with Crippen molar-refractivity contribution in [2.45, 2.75) is 6.42 Å². The molecule has 0 spiro atoms. The third-order valence-corrected chi connectivity index (χ3v) is 5.67. The predicted octanol–water partition coefficient (Wildman–Crippen LogP) is 3.75. The molecule has 0 radical (unpaired) electrons. The number of carbonyl (C=O) groups is 1. The second kappa shape index (κ2) is 10.0. The van der Waals surface area contributed by atoms with Crippen LogP contribution in [0.4, 0.5) is 0 Å². The van der Waals surface area contributed by atoms with Gasteiger partial charge < -0.3 is 10.1 Å². The lowest BCUT2D eigenvalue weighted by atomic mass is 10.1. The Morgan fingerprint density at radius 1 is 1.07 bits per heavy atom. The molecule has 1 N–H and O–H groups in total. The summed E-state index contributed by atoms with van der Waals surface area (Å²) in [5.74, 6) is -0.0999. The smallest absolute Gasteiger partial charge is 0.255 e. The number of halogens is 1. The lowest BCUT2D eigenvalue weighted by molar-refractivity contribution is 0.0374. The maximum atomic E-state index is 13.0. The summed E-state index contributed by atoms with van der Waals surface area (Å²) < 4.78 is 8.13. The van der Waals surface area contributed by atoms with Gasteiger partial charge in [-0.25, -0.2) is 4.68 Å². The maximum Gasteiger partial charge on any atom is 0.255 e. The zero-order chi connectivity index (χ0) is 20.8. The molecule has 2 heterocycles. The largest absolute Gasteiger partial charge is 0.379 e. The number of nitrogens with one attached hydrogen (secondary N) is 1. The minimum Gasteiger partial charge on any atom is -0.379 e. The third-order valence-electron chi connectivity index (χ3n) is 5.14. The molecule has 0 atom stereocenters. The SMILES string of the molecule is O=C(NCCCN1CCOCC1)c1cn(-c2ccccc2)nc1-c1ccc(Br)cc1. The number of morpholine rings is 1. The number of hydrogen-bond donors (Lipinski definition) is 1. The zero-order valence-corrected chi connectivity index (χ0v) is 18.3. The van der Waals surface area contributed by atoms with E-state index in [-0.39, 0.29) is 5.91 Å². The Hall–Kier alpha value is -2.48. The van der Waals surface area contributed by atoms with Gasteiger partial charge in [0.25, 0.3) is 5.91 Å². The average Bonchev–Trinajstić information content (AvgIpc) is 3.24. The average molecular weight is 469 g/mol. The van der Waals surface area contributed by atoms with E-state index >= 15 is 0 Å². The van der Waals surface area contributed by atoms with E-state index in [0.717, 1.165) is 55.0 Å². The summed E-state index contributed by atoms with van der Waals surface area (Å²) in [7, 11) is 0. The first kappa shape index (κ1) is 20.8. The Morgan fingerprint density at radius 3 is 2.53 bits per heavy atom. The van der Waals surface area contributed by atoms with Gasteiger partial charge >= 0.3 is 0 Å². The Kier molecular flexibility index (Phi) is 6.94. The summed E-state index contributed by atoms with van der Waals surface area (Å²) in [6, 6.07) is 17.7. The van der Waals surface area contributed by atoms with Crippen molar-refractivity contribution in [3.63, 3.8) is 0 Å². The summed E-state index contributed by atoms with van der Waals surface area (Å²) in [4.78, 5) is 15.4. The first-order chi connectivity index (χ1) is 14.7. The van der Waals surface area contributed by atoms with Gasteiger partial charge in [0, 0.05) is 35.9 Å². The van der Waals surface area contributed by atoms with Crippen LogP contribution in [0, 0.1) is 0 Å². The molecule has 0 saturated carbocycles. The number of nitrogens with zero attached hydrogens (tertiary/aromatic N) is 3. The van der Waals surface area contributed by atoms with E-state index in [0.29, 0.717) is 17.8 Å². The zero-order valence-electron chi connectivity index (χ0n) is 16.8. The van der Waals surface area contributed by atoms with Crippen molar-refractivity contribution >= 4 is 21.8 Å². The molecule has 1 aliphatic heterocycles. The van der Waals surface area contributed by atoms with E-state index in [1.165, 1.54) is 0 Å².